The zero-order valence-corrected chi connectivity index (χ0v) is 25.3. The number of hydrogen-bond donors (Lipinski definition) is 0. The largest absolute Gasteiger partial charge is 0.407 e. The molecule has 2 nitrogen and oxygen atoms in total. The first-order chi connectivity index (χ1) is 15.2. The summed E-state index contributed by atoms with van der Waals surface area (Å²) in [6, 6.07) is 6.80. The van der Waals surface area contributed by atoms with Gasteiger partial charge < -0.3 is 8.66 Å². The van der Waals surface area contributed by atoms with Gasteiger partial charge in [-0.25, -0.2) is 0 Å². The third-order valence-electron chi connectivity index (χ3n) is 8.24. The molecule has 0 spiro atoms. The van der Waals surface area contributed by atoms with E-state index in [9.17, 15) is 0 Å². The Hall–Kier alpha value is -1.37. The van der Waals surface area contributed by atoms with Crippen LogP contribution in [0.3, 0.4) is 0 Å². The number of allylic oxidation sites excluding steroid dienone is 1. The number of benzene rings is 1. The zero-order valence-electron chi connectivity index (χ0n) is 23.3. The standard InChI is InChI=1S/C29H49NOSi2/c1-14-17-24-20-30(33(21(3)4,22(5)6)23(7)8)26-19-16-18-25(28(24)26)27(15-2)31-32(12,13)29(9,10)11/h14-16,18-23,27H,1-2,17H2,3-13H3. The van der Waals surface area contributed by atoms with Crippen LogP contribution >= 0.6 is 0 Å². The highest BCUT2D eigenvalue weighted by Crippen LogP contribution is 2.47. The van der Waals surface area contributed by atoms with Gasteiger partial charge in [0.05, 0.1) is 6.10 Å². The second kappa shape index (κ2) is 10.1. The van der Waals surface area contributed by atoms with Crippen molar-refractivity contribution in [3.63, 3.8) is 0 Å². The topological polar surface area (TPSA) is 14.2 Å². The van der Waals surface area contributed by atoms with E-state index in [1.807, 2.05) is 12.2 Å². The molecule has 2 rings (SSSR count). The van der Waals surface area contributed by atoms with Crippen LogP contribution in [0.1, 0.15) is 79.5 Å². The molecule has 184 valence electrons. The van der Waals surface area contributed by atoms with Crippen molar-refractivity contribution in [2.75, 3.05) is 0 Å². The molecule has 0 N–H and O–H groups in total. The SMILES string of the molecule is C=CCc1cn([Si](C(C)C)(C(C)C)C(C)C)c2cccc(C(C=C)O[Si](C)(C)C(C)(C)C)c12. The first-order valence-electron chi connectivity index (χ1n) is 12.7. The first kappa shape index (κ1) is 27.9. The Morgan fingerprint density at radius 2 is 1.52 bits per heavy atom. The molecule has 1 atom stereocenters. The lowest BCUT2D eigenvalue weighted by Crippen LogP contribution is -2.51. The molecule has 0 aliphatic rings. The Balaban J connectivity index is 2.88. The predicted molar refractivity (Wildman–Crippen MR) is 154 cm³/mol. The van der Waals surface area contributed by atoms with E-state index >= 15 is 0 Å². The third-order valence-corrected chi connectivity index (χ3v) is 19.5. The monoisotopic (exact) mass is 483 g/mol. The maximum absolute atomic E-state index is 6.91. The van der Waals surface area contributed by atoms with Crippen LogP contribution in [0.15, 0.2) is 49.7 Å². The van der Waals surface area contributed by atoms with E-state index in [2.05, 4.69) is 117 Å². The molecule has 33 heavy (non-hydrogen) atoms. The van der Waals surface area contributed by atoms with Crippen molar-refractivity contribution in [1.29, 1.82) is 0 Å². The van der Waals surface area contributed by atoms with Gasteiger partial charge in [-0.1, -0.05) is 86.6 Å². The van der Waals surface area contributed by atoms with Crippen molar-refractivity contribution in [3.05, 3.63) is 60.8 Å². The van der Waals surface area contributed by atoms with Gasteiger partial charge in [0.15, 0.2) is 16.6 Å². The molecule has 0 saturated carbocycles. The van der Waals surface area contributed by atoms with Crippen LogP contribution in [-0.4, -0.2) is 20.8 Å². The van der Waals surface area contributed by atoms with Gasteiger partial charge >= 0.3 is 0 Å². The molecule has 0 bridgehead atoms. The summed E-state index contributed by atoms with van der Waals surface area (Å²) in [6.07, 6.45) is 7.26. The van der Waals surface area contributed by atoms with Gasteiger partial charge in [-0.05, 0) is 64.6 Å². The van der Waals surface area contributed by atoms with Crippen LogP contribution < -0.4 is 0 Å². The minimum absolute atomic E-state index is 0.109. The van der Waals surface area contributed by atoms with E-state index in [4.69, 9.17) is 4.43 Å². The number of hydrogen-bond acceptors (Lipinski definition) is 1. The number of fused-ring (bicyclic) bond motifs is 1. The average Bonchev–Trinajstić information content (AvgIpc) is 3.04. The van der Waals surface area contributed by atoms with Crippen LogP contribution in [-0.2, 0) is 10.8 Å². The van der Waals surface area contributed by atoms with Crippen molar-refractivity contribution >= 4 is 27.5 Å². The summed E-state index contributed by atoms with van der Waals surface area (Å²) in [5.41, 5.74) is 5.87. The predicted octanol–water partition coefficient (Wildman–Crippen LogP) is 9.64. The van der Waals surface area contributed by atoms with E-state index in [0.29, 0.717) is 16.6 Å². The molecule has 1 unspecified atom stereocenters. The summed E-state index contributed by atoms with van der Waals surface area (Å²) < 4.78 is 9.65. The van der Waals surface area contributed by atoms with Gasteiger partial charge in [0.25, 0.3) is 0 Å². The van der Waals surface area contributed by atoms with Crippen LogP contribution in [0.5, 0.6) is 0 Å². The number of rotatable bonds is 10. The maximum atomic E-state index is 6.91. The summed E-state index contributed by atoms with van der Waals surface area (Å²) in [6.45, 7) is 34.4. The number of aromatic nitrogens is 1. The van der Waals surface area contributed by atoms with Gasteiger partial charge in [0, 0.05) is 10.9 Å². The Bertz CT molecular complexity index is 954. The van der Waals surface area contributed by atoms with Crippen LogP contribution in [0.4, 0.5) is 0 Å². The second-order valence-corrected chi connectivity index (χ2v) is 22.6. The van der Waals surface area contributed by atoms with E-state index in [1.165, 1.54) is 22.0 Å². The van der Waals surface area contributed by atoms with Crippen molar-refractivity contribution in [1.82, 2.24) is 4.23 Å². The Morgan fingerprint density at radius 3 is 1.94 bits per heavy atom. The highest BCUT2D eigenvalue weighted by molar-refractivity contribution is 6.82. The lowest BCUT2D eigenvalue weighted by molar-refractivity contribution is 0.231. The maximum Gasteiger partial charge on any atom is 0.193 e. The van der Waals surface area contributed by atoms with Gasteiger partial charge in [-0.3, -0.25) is 0 Å². The van der Waals surface area contributed by atoms with Crippen LogP contribution in [0.25, 0.3) is 10.9 Å². The fourth-order valence-corrected chi connectivity index (χ4v) is 13.7. The van der Waals surface area contributed by atoms with Crippen molar-refractivity contribution in [2.45, 2.75) is 110 Å². The highest BCUT2D eigenvalue weighted by Gasteiger charge is 2.46. The lowest BCUT2D eigenvalue weighted by Gasteiger charge is -2.44. The third kappa shape index (κ3) is 4.89. The van der Waals surface area contributed by atoms with E-state index in [-0.39, 0.29) is 11.1 Å². The van der Waals surface area contributed by atoms with Crippen LogP contribution in [0, 0.1) is 0 Å². The molecular formula is C29H49NOSi2. The normalized spacial score (nSPS) is 14.5. The molecule has 0 aliphatic heterocycles. The second-order valence-electron chi connectivity index (χ2n) is 12.1. The first-order valence-corrected chi connectivity index (χ1v) is 17.8. The van der Waals surface area contributed by atoms with Gasteiger partial charge in [-0.15, -0.1) is 13.2 Å². The molecule has 0 fully saturated rings. The van der Waals surface area contributed by atoms with Crippen LogP contribution in [0.2, 0.25) is 34.8 Å². The minimum Gasteiger partial charge on any atom is -0.407 e. The molecule has 0 radical (unpaired) electrons. The molecule has 0 saturated heterocycles. The quantitative estimate of drug-likeness (QED) is 0.242. The van der Waals surface area contributed by atoms with E-state index in [0.717, 1.165) is 6.42 Å². The van der Waals surface area contributed by atoms with E-state index in [1.54, 1.807) is 0 Å². The number of nitrogens with zero attached hydrogens (tertiary/aromatic N) is 1. The molecule has 0 amide bonds. The smallest absolute Gasteiger partial charge is 0.193 e. The summed E-state index contributed by atoms with van der Waals surface area (Å²) >= 11 is 0. The molecule has 1 aromatic carbocycles. The molecule has 0 aliphatic carbocycles. The van der Waals surface area contributed by atoms with Gasteiger partial charge in [0.2, 0.25) is 0 Å². The Kier molecular flexibility index (Phi) is 8.52. The van der Waals surface area contributed by atoms with E-state index < -0.39 is 16.6 Å². The fourth-order valence-electron chi connectivity index (χ4n) is 5.83. The molecule has 2 aromatic rings. The summed E-state index contributed by atoms with van der Waals surface area (Å²) in [5.74, 6) is 0. The summed E-state index contributed by atoms with van der Waals surface area (Å²) in [7, 11) is -3.86. The Labute approximate surface area is 206 Å². The zero-order chi connectivity index (χ0) is 25.4. The van der Waals surface area contributed by atoms with Gasteiger partial charge in [-0.2, -0.15) is 0 Å². The summed E-state index contributed by atoms with van der Waals surface area (Å²) in [4.78, 5) is 0. The fraction of sp³-hybridized carbons (Fsp3) is 0.586. The lowest BCUT2D eigenvalue weighted by atomic mass is 10.0. The van der Waals surface area contributed by atoms with Crippen molar-refractivity contribution in [3.8, 4) is 0 Å². The highest BCUT2D eigenvalue weighted by atomic mass is 28.4. The molecular weight excluding hydrogens is 434 g/mol. The molecule has 4 heteroatoms. The average molecular weight is 484 g/mol. The molecule has 1 heterocycles. The van der Waals surface area contributed by atoms with Crippen molar-refractivity contribution in [2.24, 2.45) is 0 Å². The van der Waals surface area contributed by atoms with Crippen molar-refractivity contribution < 1.29 is 4.43 Å². The van der Waals surface area contributed by atoms with Gasteiger partial charge in [0.1, 0.15) is 0 Å². The summed E-state index contributed by atoms with van der Waals surface area (Å²) in [5, 5.41) is 1.49. The molecule has 1 aromatic heterocycles. The minimum atomic E-state index is -1.97. The Morgan fingerprint density at radius 1 is 0.970 bits per heavy atom.